The van der Waals surface area contributed by atoms with Gasteiger partial charge in [-0.1, -0.05) is 13.8 Å². The number of anilines is 1. The molecule has 0 radical (unpaired) electrons. The molecule has 0 saturated carbocycles. The van der Waals surface area contributed by atoms with E-state index in [-0.39, 0.29) is 6.10 Å². The average molecular weight is 267 g/mol. The van der Waals surface area contributed by atoms with Crippen molar-refractivity contribution in [1.29, 1.82) is 0 Å². The number of hydrogen-bond acceptors (Lipinski definition) is 5. The molecular weight excluding hydrogens is 242 g/mol. The zero-order valence-electron chi connectivity index (χ0n) is 12.3. The zero-order chi connectivity index (χ0) is 14.1. The average Bonchev–Trinajstić information content (AvgIpc) is 2.33. The van der Waals surface area contributed by atoms with Crippen molar-refractivity contribution in [2.24, 2.45) is 5.92 Å². The molecule has 0 spiro atoms. The molecule has 0 atom stereocenters. The van der Waals surface area contributed by atoms with Crippen molar-refractivity contribution in [3.8, 4) is 5.88 Å². The van der Waals surface area contributed by atoms with Crippen LogP contribution < -0.4 is 10.1 Å². The summed E-state index contributed by atoms with van der Waals surface area (Å²) in [7, 11) is 0. The SMILES string of the molecule is CC(C)CCOCCNc1cc(OC(C)C)ncn1. The maximum atomic E-state index is 5.52. The summed E-state index contributed by atoms with van der Waals surface area (Å²) in [6.07, 6.45) is 2.71. The van der Waals surface area contributed by atoms with Crippen molar-refractivity contribution in [2.75, 3.05) is 25.1 Å². The van der Waals surface area contributed by atoms with Gasteiger partial charge < -0.3 is 14.8 Å². The van der Waals surface area contributed by atoms with Crippen LogP contribution in [-0.4, -0.2) is 35.8 Å². The first-order chi connectivity index (χ1) is 9.08. The molecule has 19 heavy (non-hydrogen) atoms. The van der Waals surface area contributed by atoms with E-state index in [1.165, 1.54) is 6.33 Å². The van der Waals surface area contributed by atoms with Crippen molar-refractivity contribution >= 4 is 5.82 Å². The van der Waals surface area contributed by atoms with Gasteiger partial charge in [-0.3, -0.25) is 0 Å². The molecule has 0 bridgehead atoms. The fourth-order valence-corrected chi connectivity index (χ4v) is 1.41. The second kappa shape index (κ2) is 8.69. The lowest BCUT2D eigenvalue weighted by Crippen LogP contribution is -2.12. The summed E-state index contributed by atoms with van der Waals surface area (Å²) in [4.78, 5) is 8.19. The lowest BCUT2D eigenvalue weighted by molar-refractivity contribution is 0.132. The van der Waals surface area contributed by atoms with E-state index in [1.54, 1.807) is 6.07 Å². The number of nitrogens with one attached hydrogen (secondary N) is 1. The predicted molar refractivity (Wildman–Crippen MR) is 76.6 cm³/mol. The summed E-state index contributed by atoms with van der Waals surface area (Å²) >= 11 is 0. The van der Waals surface area contributed by atoms with Crippen LogP contribution in [0.25, 0.3) is 0 Å². The van der Waals surface area contributed by atoms with Crippen molar-refractivity contribution < 1.29 is 9.47 Å². The van der Waals surface area contributed by atoms with Crippen molar-refractivity contribution in [3.05, 3.63) is 12.4 Å². The molecule has 0 aliphatic heterocycles. The van der Waals surface area contributed by atoms with Crippen LogP contribution >= 0.6 is 0 Å². The molecule has 0 unspecified atom stereocenters. The predicted octanol–water partition coefficient (Wildman–Crippen LogP) is 2.74. The molecule has 1 heterocycles. The first-order valence-corrected chi connectivity index (χ1v) is 6.88. The molecule has 108 valence electrons. The number of rotatable bonds is 9. The van der Waals surface area contributed by atoms with Crippen LogP contribution in [0.4, 0.5) is 5.82 Å². The summed E-state index contributed by atoms with van der Waals surface area (Å²) in [5, 5.41) is 3.19. The molecular formula is C14H25N3O2. The van der Waals surface area contributed by atoms with Gasteiger partial charge in [-0.15, -0.1) is 0 Å². The van der Waals surface area contributed by atoms with Gasteiger partial charge in [0.25, 0.3) is 0 Å². The minimum Gasteiger partial charge on any atom is -0.475 e. The molecule has 1 aromatic heterocycles. The Morgan fingerprint density at radius 1 is 1.16 bits per heavy atom. The van der Waals surface area contributed by atoms with E-state index < -0.39 is 0 Å². The lowest BCUT2D eigenvalue weighted by Gasteiger charge is -2.10. The van der Waals surface area contributed by atoms with E-state index in [2.05, 4.69) is 29.1 Å². The van der Waals surface area contributed by atoms with Crippen LogP contribution in [0.15, 0.2) is 12.4 Å². The summed E-state index contributed by atoms with van der Waals surface area (Å²) in [6, 6.07) is 1.80. The Kier molecular flexibility index (Phi) is 7.18. The third kappa shape index (κ3) is 7.62. The summed E-state index contributed by atoms with van der Waals surface area (Å²) < 4.78 is 11.0. The molecule has 0 fully saturated rings. The smallest absolute Gasteiger partial charge is 0.218 e. The van der Waals surface area contributed by atoms with E-state index >= 15 is 0 Å². The molecule has 5 heteroatoms. The first-order valence-electron chi connectivity index (χ1n) is 6.88. The van der Waals surface area contributed by atoms with Gasteiger partial charge in [0.1, 0.15) is 12.1 Å². The second-order valence-electron chi connectivity index (χ2n) is 5.13. The van der Waals surface area contributed by atoms with Gasteiger partial charge in [-0.25, -0.2) is 9.97 Å². The third-order valence-electron chi connectivity index (χ3n) is 2.39. The van der Waals surface area contributed by atoms with Crippen molar-refractivity contribution in [3.63, 3.8) is 0 Å². The number of nitrogens with zero attached hydrogens (tertiary/aromatic N) is 2. The van der Waals surface area contributed by atoms with Crippen LogP contribution in [0, 0.1) is 5.92 Å². The quantitative estimate of drug-likeness (QED) is 0.697. The highest BCUT2D eigenvalue weighted by Crippen LogP contribution is 2.12. The molecule has 0 aliphatic rings. The minimum absolute atomic E-state index is 0.113. The fraction of sp³-hybridized carbons (Fsp3) is 0.714. The Bertz CT molecular complexity index is 356. The molecule has 0 aromatic carbocycles. The van der Waals surface area contributed by atoms with Crippen LogP contribution in [0.2, 0.25) is 0 Å². The van der Waals surface area contributed by atoms with Crippen LogP contribution in [0.5, 0.6) is 5.88 Å². The van der Waals surface area contributed by atoms with E-state index in [1.807, 2.05) is 13.8 Å². The Balaban J connectivity index is 2.22. The summed E-state index contributed by atoms with van der Waals surface area (Å²) in [6.45, 7) is 10.5. The van der Waals surface area contributed by atoms with E-state index in [4.69, 9.17) is 9.47 Å². The van der Waals surface area contributed by atoms with Crippen LogP contribution in [0.1, 0.15) is 34.1 Å². The Morgan fingerprint density at radius 3 is 2.63 bits per heavy atom. The van der Waals surface area contributed by atoms with Gasteiger partial charge >= 0.3 is 0 Å². The Hall–Kier alpha value is -1.36. The van der Waals surface area contributed by atoms with Crippen molar-refractivity contribution in [1.82, 2.24) is 9.97 Å². The highest BCUT2D eigenvalue weighted by Gasteiger charge is 2.01. The monoisotopic (exact) mass is 267 g/mol. The van der Waals surface area contributed by atoms with E-state index in [0.717, 1.165) is 25.4 Å². The van der Waals surface area contributed by atoms with E-state index in [0.29, 0.717) is 18.4 Å². The topological polar surface area (TPSA) is 56.3 Å². The van der Waals surface area contributed by atoms with Crippen LogP contribution in [-0.2, 0) is 4.74 Å². The van der Waals surface area contributed by atoms with Gasteiger partial charge in [-0.2, -0.15) is 0 Å². The molecule has 0 amide bonds. The fourth-order valence-electron chi connectivity index (χ4n) is 1.41. The first kappa shape index (κ1) is 15.7. The molecule has 5 nitrogen and oxygen atoms in total. The number of hydrogen-bond donors (Lipinski definition) is 1. The number of ether oxygens (including phenoxy) is 2. The Labute approximate surface area is 115 Å². The maximum Gasteiger partial charge on any atom is 0.218 e. The highest BCUT2D eigenvalue weighted by molar-refractivity contribution is 5.36. The summed E-state index contributed by atoms with van der Waals surface area (Å²) in [5.41, 5.74) is 0. The van der Waals surface area contributed by atoms with E-state index in [9.17, 15) is 0 Å². The molecule has 1 aromatic rings. The highest BCUT2D eigenvalue weighted by atomic mass is 16.5. The normalized spacial score (nSPS) is 11.1. The van der Waals surface area contributed by atoms with Crippen LogP contribution in [0.3, 0.4) is 0 Å². The molecule has 1 rings (SSSR count). The largest absolute Gasteiger partial charge is 0.475 e. The molecule has 1 N–H and O–H groups in total. The lowest BCUT2D eigenvalue weighted by atomic mass is 10.1. The van der Waals surface area contributed by atoms with Gasteiger partial charge in [-0.05, 0) is 26.2 Å². The number of aromatic nitrogens is 2. The van der Waals surface area contributed by atoms with Gasteiger partial charge in [0.2, 0.25) is 5.88 Å². The van der Waals surface area contributed by atoms with Crippen molar-refractivity contribution in [2.45, 2.75) is 40.2 Å². The summed E-state index contributed by atoms with van der Waals surface area (Å²) in [5.74, 6) is 2.04. The third-order valence-corrected chi connectivity index (χ3v) is 2.39. The Morgan fingerprint density at radius 2 is 1.95 bits per heavy atom. The second-order valence-corrected chi connectivity index (χ2v) is 5.13. The molecule has 0 saturated heterocycles. The van der Waals surface area contributed by atoms with Gasteiger partial charge in [0, 0.05) is 19.2 Å². The minimum atomic E-state index is 0.113. The maximum absolute atomic E-state index is 5.52. The molecule has 0 aliphatic carbocycles. The van der Waals surface area contributed by atoms with Gasteiger partial charge in [0.05, 0.1) is 12.7 Å². The van der Waals surface area contributed by atoms with Gasteiger partial charge in [0.15, 0.2) is 0 Å². The standard InChI is InChI=1S/C14H25N3O2/c1-11(2)5-7-18-8-6-15-13-9-14(17-10-16-13)19-12(3)4/h9-12H,5-8H2,1-4H3,(H,15,16,17). The zero-order valence-corrected chi connectivity index (χ0v) is 12.3.